The minimum absolute atomic E-state index is 0.129. The Hall–Kier alpha value is -2.47. The van der Waals surface area contributed by atoms with E-state index in [1.807, 2.05) is 11.8 Å². The molecule has 1 aliphatic heterocycles. The first-order valence-corrected chi connectivity index (χ1v) is 11.1. The number of nitrogens with one attached hydrogen (secondary N) is 1. The van der Waals surface area contributed by atoms with Crippen LogP contribution in [0.15, 0.2) is 30.5 Å². The van der Waals surface area contributed by atoms with Gasteiger partial charge in [-0.1, -0.05) is 30.9 Å². The topological polar surface area (TPSA) is 75.2 Å². The number of halogens is 1. The van der Waals surface area contributed by atoms with Crippen LogP contribution < -0.4 is 5.32 Å². The van der Waals surface area contributed by atoms with Gasteiger partial charge in [0.1, 0.15) is 5.82 Å². The lowest BCUT2D eigenvalue weighted by Crippen LogP contribution is -2.35. The molecule has 0 spiro atoms. The summed E-state index contributed by atoms with van der Waals surface area (Å²) in [5.74, 6) is 1.09. The fraction of sp³-hybridized carbons (Fsp3) is 0.478. The van der Waals surface area contributed by atoms with Gasteiger partial charge >= 0.3 is 0 Å². The van der Waals surface area contributed by atoms with Crippen LogP contribution in [0, 0.1) is 12.8 Å². The molecule has 1 N–H and O–H groups in total. The number of amides is 2. The lowest BCUT2D eigenvalue weighted by Gasteiger charge is -2.26. The van der Waals surface area contributed by atoms with E-state index in [-0.39, 0.29) is 17.7 Å². The van der Waals surface area contributed by atoms with Crippen molar-refractivity contribution in [1.29, 1.82) is 0 Å². The highest BCUT2D eigenvalue weighted by molar-refractivity contribution is 6.30. The molecule has 1 saturated heterocycles. The number of anilines is 1. The number of carbonyl (C=O) groups is 2. The number of rotatable bonds is 4. The van der Waals surface area contributed by atoms with E-state index in [4.69, 9.17) is 11.6 Å². The van der Waals surface area contributed by atoms with Crippen molar-refractivity contribution in [2.75, 3.05) is 18.4 Å². The van der Waals surface area contributed by atoms with Crippen LogP contribution in [0.1, 0.15) is 66.3 Å². The highest BCUT2D eigenvalue weighted by Gasteiger charge is 2.33. The molecule has 1 atom stereocenters. The Morgan fingerprint density at radius 2 is 1.83 bits per heavy atom. The van der Waals surface area contributed by atoms with Gasteiger partial charge in [0.25, 0.3) is 5.91 Å². The Morgan fingerprint density at radius 1 is 1.10 bits per heavy atom. The molecule has 7 heteroatoms. The monoisotopic (exact) mass is 426 g/mol. The third kappa shape index (κ3) is 4.64. The molecule has 0 radical (unpaired) electrons. The average molecular weight is 427 g/mol. The van der Waals surface area contributed by atoms with Gasteiger partial charge in [0, 0.05) is 41.8 Å². The minimum Gasteiger partial charge on any atom is -0.342 e. The summed E-state index contributed by atoms with van der Waals surface area (Å²) in [4.78, 5) is 36.5. The Morgan fingerprint density at radius 3 is 2.53 bits per heavy atom. The fourth-order valence-corrected chi connectivity index (χ4v) is 4.54. The van der Waals surface area contributed by atoms with E-state index < -0.39 is 0 Å². The Balaban J connectivity index is 1.40. The number of carbonyl (C=O) groups excluding carboxylic acids is 2. The van der Waals surface area contributed by atoms with Gasteiger partial charge < -0.3 is 10.2 Å². The van der Waals surface area contributed by atoms with Gasteiger partial charge in [0.05, 0.1) is 11.3 Å². The molecular weight excluding hydrogens is 400 g/mol. The number of aryl methyl sites for hydroxylation is 1. The minimum atomic E-state index is -0.248. The molecule has 4 rings (SSSR count). The predicted molar refractivity (Wildman–Crippen MR) is 117 cm³/mol. The van der Waals surface area contributed by atoms with Crippen molar-refractivity contribution in [3.05, 3.63) is 52.6 Å². The van der Waals surface area contributed by atoms with E-state index in [1.165, 1.54) is 6.42 Å². The Kier molecular flexibility index (Phi) is 6.32. The van der Waals surface area contributed by atoms with Gasteiger partial charge in [-0.3, -0.25) is 9.59 Å². The molecule has 2 amide bonds. The quantitative estimate of drug-likeness (QED) is 0.775. The van der Waals surface area contributed by atoms with Crippen molar-refractivity contribution in [1.82, 2.24) is 14.9 Å². The van der Waals surface area contributed by atoms with Gasteiger partial charge in [-0.25, -0.2) is 9.97 Å². The van der Waals surface area contributed by atoms with Crippen LogP contribution in [-0.2, 0) is 4.79 Å². The third-order valence-corrected chi connectivity index (χ3v) is 6.42. The second-order valence-corrected chi connectivity index (χ2v) is 8.73. The first-order valence-electron chi connectivity index (χ1n) is 10.7. The van der Waals surface area contributed by atoms with E-state index in [2.05, 4.69) is 15.3 Å². The van der Waals surface area contributed by atoms with E-state index in [9.17, 15) is 9.59 Å². The second kappa shape index (κ2) is 9.13. The molecule has 1 aliphatic carbocycles. The van der Waals surface area contributed by atoms with Gasteiger partial charge in [0.15, 0.2) is 0 Å². The fourth-order valence-electron chi connectivity index (χ4n) is 4.42. The highest BCUT2D eigenvalue weighted by atomic mass is 35.5. The number of benzene rings is 1. The lowest BCUT2D eigenvalue weighted by atomic mass is 9.88. The molecule has 1 aromatic heterocycles. The molecule has 0 bridgehead atoms. The smallest absolute Gasteiger partial charge is 0.259 e. The number of hydrogen-bond donors (Lipinski definition) is 1. The average Bonchev–Trinajstić information content (AvgIpc) is 3.25. The normalized spacial score (nSPS) is 19.7. The summed E-state index contributed by atoms with van der Waals surface area (Å²) in [6.07, 6.45) is 8.07. The Labute approximate surface area is 182 Å². The lowest BCUT2D eigenvalue weighted by molar-refractivity contribution is -0.135. The second-order valence-electron chi connectivity index (χ2n) is 8.29. The SMILES string of the molecule is Cc1nc([C@@H]2CCN(C(=O)C3CCCCC3)C2)ncc1C(=O)Nc1ccc(Cl)cc1. The molecule has 2 aliphatic rings. The first kappa shape index (κ1) is 20.8. The largest absolute Gasteiger partial charge is 0.342 e. The van der Waals surface area contributed by atoms with Crippen LogP contribution in [0.2, 0.25) is 5.02 Å². The van der Waals surface area contributed by atoms with Crippen molar-refractivity contribution in [3.63, 3.8) is 0 Å². The summed E-state index contributed by atoms with van der Waals surface area (Å²) in [6.45, 7) is 3.26. The maximum Gasteiger partial charge on any atom is 0.259 e. The summed E-state index contributed by atoms with van der Waals surface area (Å²) in [5.41, 5.74) is 1.76. The van der Waals surface area contributed by atoms with E-state index in [0.717, 1.165) is 44.5 Å². The molecular formula is C23H27ClN4O2. The van der Waals surface area contributed by atoms with E-state index >= 15 is 0 Å². The van der Waals surface area contributed by atoms with E-state index in [0.29, 0.717) is 34.4 Å². The van der Waals surface area contributed by atoms with Gasteiger partial charge in [0.2, 0.25) is 5.91 Å². The van der Waals surface area contributed by atoms with Crippen LogP contribution in [-0.4, -0.2) is 39.8 Å². The summed E-state index contributed by atoms with van der Waals surface area (Å²) < 4.78 is 0. The zero-order valence-corrected chi connectivity index (χ0v) is 18.0. The summed E-state index contributed by atoms with van der Waals surface area (Å²) in [5, 5.41) is 3.46. The number of aromatic nitrogens is 2. The summed E-state index contributed by atoms with van der Waals surface area (Å²) >= 11 is 5.89. The van der Waals surface area contributed by atoms with Crippen molar-refractivity contribution >= 4 is 29.1 Å². The van der Waals surface area contributed by atoms with Crippen LogP contribution in [0.3, 0.4) is 0 Å². The molecule has 158 valence electrons. The van der Waals surface area contributed by atoms with Crippen LogP contribution in [0.25, 0.3) is 0 Å². The van der Waals surface area contributed by atoms with Crippen molar-refractivity contribution < 1.29 is 9.59 Å². The van der Waals surface area contributed by atoms with Crippen molar-refractivity contribution in [2.45, 2.75) is 51.4 Å². The standard InChI is InChI=1S/C23H27ClN4O2/c1-15-20(22(29)27-19-9-7-18(24)8-10-19)13-25-21(26-15)17-11-12-28(14-17)23(30)16-5-3-2-4-6-16/h7-10,13,16-17H,2-6,11-12,14H2,1H3,(H,27,29)/t17-/m1/s1. The molecule has 6 nitrogen and oxygen atoms in total. The highest BCUT2D eigenvalue weighted by Crippen LogP contribution is 2.30. The molecule has 2 heterocycles. The third-order valence-electron chi connectivity index (χ3n) is 6.16. The number of likely N-dealkylation sites (tertiary alicyclic amines) is 1. The van der Waals surface area contributed by atoms with Crippen LogP contribution in [0.5, 0.6) is 0 Å². The molecule has 0 unspecified atom stereocenters. The number of nitrogens with zero attached hydrogens (tertiary/aromatic N) is 3. The summed E-state index contributed by atoms with van der Waals surface area (Å²) in [7, 11) is 0. The molecule has 2 fully saturated rings. The molecule has 1 saturated carbocycles. The van der Waals surface area contributed by atoms with Gasteiger partial charge in [-0.2, -0.15) is 0 Å². The summed E-state index contributed by atoms with van der Waals surface area (Å²) in [6, 6.07) is 6.95. The first-order chi connectivity index (χ1) is 14.5. The van der Waals surface area contributed by atoms with E-state index in [1.54, 1.807) is 30.5 Å². The zero-order chi connectivity index (χ0) is 21.1. The maximum absolute atomic E-state index is 12.8. The van der Waals surface area contributed by atoms with Crippen LogP contribution in [0.4, 0.5) is 5.69 Å². The molecule has 1 aromatic carbocycles. The predicted octanol–water partition coefficient (Wildman–Crippen LogP) is 4.59. The molecule has 2 aromatic rings. The van der Waals surface area contributed by atoms with Crippen molar-refractivity contribution in [3.8, 4) is 0 Å². The molecule has 30 heavy (non-hydrogen) atoms. The number of hydrogen-bond acceptors (Lipinski definition) is 4. The van der Waals surface area contributed by atoms with Gasteiger partial charge in [-0.15, -0.1) is 0 Å². The van der Waals surface area contributed by atoms with Crippen LogP contribution >= 0.6 is 11.6 Å². The van der Waals surface area contributed by atoms with Gasteiger partial charge in [-0.05, 0) is 50.5 Å². The Bertz CT molecular complexity index is 925. The maximum atomic E-state index is 12.8. The van der Waals surface area contributed by atoms with Crippen molar-refractivity contribution in [2.24, 2.45) is 5.92 Å². The zero-order valence-electron chi connectivity index (χ0n) is 17.2.